The van der Waals surface area contributed by atoms with Crippen molar-refractivity contribution in [2.24, 2.45) is 0 Å². The van der Waals surface area contributed by atoms with Gasteiger partial charge >= 0.3 is 5.97 Å². The molecule has 1 aliphatic carbocycles. The number of rotatable bonds is 9. The Bertz CT molecular complexity index is 1560. The van der Waals surface area contributed by atoms with Crippen LogP contribution in [0.5, 0.6) is 0 Å². The van der Waals surface area contributed by atoms with Gasteiger partial charge in [0, 0.05) is 41.3 Å². The molecule has 0 saturated carbocycles. The van der Waals surface area contributed by atoms with E-state index in [2.05, 4.69) is 10.2 Å². The number of hydrogen-bond donors (Lipinski definition) is 2. The number of anilines is 1. The van der Waals surface area contributed by atoms with E-state index in [-0.39, 0.29) is 24.4 Å². The van der Waals surface area contributed by atoms with Crippen LogP contribution in [0, 0.1) is 0 Å². The van der Waals surface area contributed by atoms with E-state index >= 15 is 0 Å². The van der Waals surface area contributed by atoms with Gasteiger partial charge in [0.15, 0.2) is 12.3 Å². The SMILES string of the molecule is [B]CC(=O)NCCN1C(=CC2=C(C)C(=Cc3sc4ccccc4[n+]3CCC(=O)O)C2=O)Sc2ccccc21. The van der Waals surface area contributed by atoms with E-state index < -0.39 is 5.97 Å². The minimum absolute atomic E-state index is 0.00103. The number of aryl methyl sites for hydroxylation is 1. The number of aromatic nitrogens is 1. The van der Waals surface area contributed by atoms with Crippen LogP contribution in [0.15, 0.2) is 81.3 Å². The number of benzene rings is 2. The van der Waals surface area contributed by atoms with Crippen molar-refractivity contribution in [3.8, 4) is 0 Å². The second-order valence-corrected chi connectivity index (χ2v) is 11.0. The number of aliphatic carboxylic acids is 1. The summed E-state index contributed by atoms with van der Waals surface area (Å²) in [6.07, 6.45) is 3.75. The quantitative estimate of drug-likeness (QED) is 0.241. The van der Waals surface area contributed by atoms with Crippen LogP contribution in [0.25, 0.3) is 16.3 Å². The molecule has 1 aromatic heterocycles. The van der Waals surface area contributed by atoms with Gasteiger partial charge in [0.2, 0.25) is 11.4 Å². The summed E-state index contributed by atoms with van der Waals surface area (Å²) in [4.78, 5) is 39.4. The Morgan fingerprint density at radius 3 is 2.66 bits per heavy atom. The summed E-state index contributed by atoms with van der Waals surface area (Å²) >= 11 is 3.14. The number of allylic oxidation sites excluding steroid dienone is 4. The van der Waals surface area contributed by atoms with Crippen LogP contribution in [0.1, 0.15) is 18.4 Å². The van der Waals surface area contributed by atoms with E-state index in [1.54, 1.807) is 23.1 Å². The first-order valence-corrected chi connectivity index (χ1v) is 13.8. The monoisotopic (exact) mass is 542 g/mol. The largest absolute Gasteiger partial charge is 0.481 e. The lowest BCUT2D eigenvalue weighted by Gasteiger charge is -2.24. The Morgan fingerprint density at radius 2 is 1.89 bits per heavy atom. The molecule has 0 bridgehead atoms. The van der Waals surface area contributed by atoms with Crippen molar-refractivity contribution in [1.29, 1.82) is 0 Å². The van der Waals surface area contributed by atoms with E-state index in [0.29, 0.717) is 30.8 Å². The maximum atomic E-state index is 13.3. The number of hydrogen-bond acceptors (Lipinski definition) is 6. The number of para-hydroxylation sites is 2. The lowest BCUT2D eigenvalue weighted by Crippen LogP contribution is -2.36. The number of carboxylic acid groups (broad SMARTS) is 1. The van der Waals surface area contributed by atoms with Gasteiger partial charge in [-0.05, 0) is 43.1 Å². The summed E-state index contributed by atoms with van der Waals surface area (Å²) in [6, 6.07) is 15.9. The third kappa shape index (κ3) is 5.06. The number of fused-ring (bicyclic) bond motifs is 2. The number of Topliss-reactive ketones (excluding diaryl/α,β-unsaturated/α-hetero) is 1. The van der Waals surface area contributed by atoms with Crippen LogP contribution < -0.4 is 14.8 Å². The first kappa shape index (κ1) is 26.0. The molecule has 38 heavy (non-hydrogen) atoms. The number of carboxylic acids is 1. The van der Waals surface area contributed by atoms with Crippen molar-refractivity contribution in [3.63, 3.8) is 0 Å². The number of nitrogens with zero attached hydrogens (tertiary/aromatic N) is 2. The van der Waals surface area contributed by atoms with Crippen LogP contribution in [-0.4, -0.2) is 43.7 Å². The summed E-state index contributed by atoms with van der Waals surface area (Å²) in [5, 5.41) is 13.8. The molecule has 2 radical (unpaired) electrons. The summed E-state index contributed by atoms with van der Waals surface area (Å²) in [5.74, 6) is -1.11. The number of thioether (sulfide) groups is 1. The van der Waals surface area contributed by atoms with Crippen LogP contribution in [0.3, 0.4) is 0 Å². The average molecular weight is 542 g/mol. The van der Waals surface area contributed by atoms with Gasteiger partial charge in [-0.25, -0.2) is 0 Å². The van der Waals surface area contributed by atoms with Gasteiger partial charge in [-0.15, -0.1) is 0 Å². The normalized spacial score (nSPS) is 16.9. The standard InChI is InChI=1S/C28H24BN3O4S2/c1-17-18(14-25-31(12-10-27(34)35)20-6-2-4-8-22(20)37-25)28(36)19(17)15-26-32(13-11-30-24(33)16-29)21-7-3-5-9-23(21)38-26/h2-9,14-15H,10-13,16H2,1H3,(H-,30,33,34,35)/p+1. The van der Waals surface area contributed by atoms with Gasteiger partial charge in [0.05, 0.1) is 18.6 Å². The second-order valence-electron chi connectivity index (χ2n) is 8.89. The van der Waals surface area contributed by atoms with Crippen LogP contribution in [0.2, 0.25) is 6.32 Å². The lowest BCUT2D eigenvalue weighted by atomic mass is 9.82. The predicted molar refractivity (Wildman–Crippen MR) is 151 cm³/mol. The highest BCUT2D eigenvalue weighted by Crippen LogP contribution is 2.47. The van der Waals surface area contributed by atoms with Crippen molar-refractivity contribution in [3.05, 3.63) is 81.4 Å². The highest BCUT2D eigenvalue weighted by Gasteiger charge is 2.33. The lowest BCUT2D eigenvalue weighted by molar-refractivity contribution is -0.667. The maximum absolute atomic E-state index is 13.3. The van der Waals surface area contributed by atoms with Crippen molar-refractivity contribution in [2.75, 3.05) is 18.0 Å². The Balaban J connectivity index is 1.45. The van der Waals surface area contributed by atoms with Crippen LogP contribution >= 0.6 is 23.1 Å². The topological polar surface area (TPSA) is 90.6 Å². The number of thiazole rings is 1. The van der Waals surface area contributed by atoms with Crippen molar-refractivity contribution in [2.45, 2.75) is 31.1 Å². The predicted octanol–water partition coefficient (Wildman–Crippen LogP) is 4.10. The molecule has 2 heterocycles. The Labute approximate surface area is 229 Å². The Morgan fingerprint density at radius 1 is 1.13 bits per heavy atom. The summed E-state index contributed by atoms with van der Waals surface area (Å²) in [5.41, 5.74) is 4.18. The molecule has 1 aliphatic heterocycles. The van der Waals surface area contributed by atoms with Gasteiger partial charge in [0.25, 0.3) is 5.01 Å². The summed E-state index contributed by atoms with van der Waals surface area (Å²) in [6.45, 7) is 3.25. The smallest absolute Gasteiger partial charge is 0.309 e. The molecule has 1 amide bonds. The number of carbonyl (C=O) groups excluding carboxylic acids is 2. The zero-order chi connectivity index (χ0) is 26.8. The van der Waals surface area contributed by atoms with Gasteiger partial charge in [-0.1, -0.05) is 47.4 Å². The maximum Gasteiger partial charge on any atom is 0.309 e. The number of ketones is 1. The molecule has 7 nitrogen and oxygen atoms in total. The van der Waals surface area contributed by atoms with E-state index in [4.69, 9.17) is 7.85 Å². The molecule has 2 aromatic carbocycles. The minimum Gasteiger partial charge on any atom is -0.481 e. The molecule has 10 heteroatoms. The molecule has 0 saturated heterocycles. The van der Waals surface area contributed by atoms with Crippen molar-refractivity contribution >= 4 is 70.6 Å². The summed E-state index contributed by atoms with van der Waals surface area (Å²) < 4.78 is 3.01. The third-order valence-electron chi connectivity index (χ3n) is 6.50. The zero-order valence-corrected chi connectivity index (χ0v) is 22.4. The van der Waals surface area contributed by atoms with Crippen molar-refractivity contribution < 1.29 is 24.1 Å². The fourth-order valence-electron chi connectivity index (χ4n) is 4.53. The fourth-order valence-corrected chi connectivity index (χ4v) is 6.79. The second kappa shape index (κ2) is 11.0. The number of nitrogens with one attached hydrogen (secondary N) is 1. The van der Waals surface area contributed by atoms with Crippen LogP contribution in [-0.2, 0) is 20.9 Å². The van der Waals surface area contributed by atoms with Gasteiger partial charge < -0.3 is 15.3 Å². The van der Waals surface area contributed by atoms with Gasteiger partial charge in [-0.3, -0.25) is 14.4 Å². The highest BCUT2D eigenvalue weighted by molar-refractivity contribution is 8.03. The Kier molecular flexibility index (Phi) is 7.53. The Hall–Kier alpha value is -3.63. The molecule has 2 N–H and O–H groups in total. The molecule has 0 spiro atoms. The first-order valence-electron chi connectivity index (χ1n) is 12.2. The summed E-state index contributed by atoms with van der Waals surface area (Å²) in [7, 11) is 5.40. The minimum atomic E-state index is -0.863. The molecule has 190 valence electrons. The van der Waals surface area contributed by atoms with Crippen molar-refractivity contribution in [1.82, 2.24) is 5.32 Å². The molecule has 5 rings (SSSR count). The van der Waals surface area contributed by atoms with Gasteiger partial charge in [-0.2, -0.15) is 4.57 Å². The first-order chi connectivity index (χ1) is 18.4. The van der Waals surface area contributed by atoms with E-state index in [1.807, 2.05) is 72.2 Å². The zero-order valence-electron chi connectivity index (χ0n) is 20.8. The molecular weight excluding hydrogens is 517 g/mol. The number of carbonyl (C=O) groups is 3. The van der Waals surface area contributed by atoms with Gasteiger partial charge in [0.1, 0.15) is 11.1 Å². The molecule has 0 unspecified atom stereocenters. The molecule has 3 aromatic rings. The fraction of sp³-hybridized carbons (Fsp3) is 0.214. The average Bonchev–Trinajstić information content (AvgIpc) is 3.46. The highest BCUT2D eigenvalue weighted by atomic mass is 32.2. The van der Waals surface area contributed by atoms with E-state index in [0.717, 1.165) is 36.4 Å². The molecular formula is C28H25BN3O4S2+. The molecule has 0 fully saturated rings. The van der Waals surface area contributed by atoms with Crippen LogP contribution in [0.4, 0.5) is 5.69 Å². The van der Waals surface area contributed by atoms with E-state index in [1.165, 1.54) is 0 Å². The van der Waals surface area contributed by atoms with E-state index in [9.17, 15) is 19.5 Å². The molecule has 0 atom stereocenters. The number of amides is 1. The third-order valence-corrected chi connectivity index (χ3v) is 8.72. The molecule has 2 aliphatic rings.